The standard InChI is InChI=1S/C12H11BrO6/c1-18-9-5-7(2-3-10(14)15)4-8(13)12(9)19-6-11(16)17/h2-5H,6H2,1H3,(H,14,15)(H,16,17). The van der Waals surface area contributed by atoms with Crippen molar-refractivity contribution in [1.82, 2.24) is 0 Å². The van der Waals surface area contributed by atoms with Crippen LogP contribution in [-0.4, -0.2) is 35.9 Å². The van der Waals surface area contributed by atoms with Crippen LogP contribution in [0.2, 0.25) is 0 Å². The zero-order valence-electron chi connectivity index (χ0n) is 9.92. The predicted molar refractivity (Wildman–Crippen MR) is 70.5 cm³/mol. The molecule has 0 aliphatic heterocycles. The van der Waals surface area contributed by atoms with Gasteiger partial charge in [-0.05, 0) is 39.7 Å². The number of benzene rings is 1. The van der Waals surface area contributed by atoms with Gasteiger partial charge < -0.3 is 19.7 Å². The van der Waals surface area contributed by atoms with E-state index in [9.17, 15) is 9.59 Å². The van der Waals surface area contributed by atoms with Crippen molar-refractivity contribution in [3.8, 4) is 11.5 Å². The maximum Gasteiger partial charge on any atom is 0.341 e. The van der Waals surface area contributed by atoms with E-state index in [1.54, 1.807) is 12.1 Å². The molecule has 0 saturated carbocycles. The molecule has 1 aromatic carbocycles. The molecule has 0 fully saturated rings. The second kappa shape index (κ2) is 6.79. The maximum atomic E-state index is 10.5. The number of rotatable bonds is 6. The predicted octanol–water partition coefficient (Wildman–Crippen LogP) is 2.02. The van der Waals surface area contributed by atoms with Gasteiger partial charge in [-0.25, -0.2) is 9.59 Å². The summed E-state index contributed by atoms with van der Waals surface area (Å²) in [7, 11) is 1.40. The fraction of sp³-hybridized carbons (Fsp3) is 0.167. The quantitative estimate of drug-likeness (QED) is 0.775. The summed E-state index contributed by atoms with van der Waals surface area (Å²) in [6.07, 6.45) is 2.37. The van der Waals surface area contributed by atoms with Crippen LogP contribution in [0.1, 0.15) is 5.56 Å². The van der Waals surface area contributed by atoms with Crippen molar-refractivity contribution >= 4 is 33.9 Å². The van der Waals surface area contributed by atoms with Crippen molar-refractivity contribution in [3.05, 3.63) is 28.2 Å². The van der Waals surface area contributed by atoms with Crippen LogP contribution in [0, 0.1) is 0 Å². The highest BCUT2D eigenvalue weighted by Crippen LogP contribution is 2.36. The molecule has 0 spiro atoms. The largest absolute Gasteiger partial charge is 0.493 e. The molecular weight excluding hydrogens is 320 g/mol. The molecule has 0 bridgehead atoms. The average molecular weight is 331 g/mol. The van der Waals surface area contributed by atoms with Gasteiger partial charge in [-0.3, -0.25) is 0 Å². The van der Waals surface area contributed by atoms with Gasteiger partial charge in [0.25, 0.3) is 0 Å². The normalized spacial score (nSPS) is 10.4. The Hall–Kier alpha value is -2.02. The number of carboxylic acids is 2. The number of hydrogen-bond donors (Lipinski definition) is 2. The first kappa shape index (κ1) is 15.0. The Balaban J connectivity index is 3.07. The van der Waals surface area contributed by atoms with Gasteiger partial charge in [0.15, 0.2) is 18.1 Å². The molecule has 0 saturated heterocycles. The van der Waals surface area contributed by atoms with Crippen molar-refractivity contribution in [1.29, 1.82) is 0 Å². The smallest absolute Gasteiger partial charge is 0.341 e. The van der Waals surface area contributed by atoms with E-state index in [0.29, 0.717) is 15.8 Å². The van der Waals surface area contributed by atoms with Crippen LogP contribution < -0.4 is 9.47 Å². The van der Waals surface area contributed by atoms with Crippen molar-refractivity contribution < 1.29 is 29.3 Å². The van der Waals surface area contributed by atoms with E-state index in [1.807, 2.05) is 0 Å². The first-order chi connectivity index (χ1) is 8.93. The van der Waals surface area contributed by atoms with Crippen LogP contribution in [0.3, 0.4) is 0 Å². The highest BCUT2D eigenvalue weighted by molar-refractivity contribution is 9.10. The number of hydrogen-bond acceptors (Lipinski definition) is 4. The Labute approximate surface area is 117 Å². The molecule has 19 heavy (non-hydrogen) atoms. The van der Waals surface area contributed by atoms with E-state index in [1.165, 1.54) is 13.2 Å². The Morgan fingerprint density at radius 1 is 1.37 bits per heavy atom. The molecule has 0 unspecified atom stereocenters. The summed E-state index contributed by atoms with van der Waals surface area (Å²) < 4.78 is 10.6. The molecule has 0 heterocycles. The van der Waals surface area contributed by atoms with Crippen molar-refractivity contribution in [2.24, 2.45) is 0 Å². The first-order valence-corrected chi connectivity index (χ1v) is 5.86. The third-order valence-electron chi connectivity index (χ3n) is 2.01. The van der Waals surface area contributed by atoms with Crippen molar-refractivity contribution in [2.75, 3.05) is 13.7 Å². The van der Waals surface area contributed by atoms with Crippen LogP contribution in [0.25, 0.3) is 6.08 Å². The Morgan fingerprint density at radius 2 is 2.05 bits per heavy atom. The summed E-state index contributed by atoms with van der Waals surface area (Å²) in [6.45, 7) is -0.501. The highest BCUT2D eigenvalue weighted by atomic mass is 79.9. The highest BCUT2D eigenvalue weighted by Gasteiger charge is 2.12. The number of aliphatic carboxylic acids is 2. The van der Waals surface area contributed by atoms with Gasteiger partial charge in [0.1, 0.15) is 0 Å². The average Bonchev–Trinajstić information content (AvgIpc) is 2.34. The third-order valence-corrected chi connectivity index (χ3v) is 2.60. The molecule has 2 N–H and O–H groups in total. The number of methoxy groups -OCH3 is 1. The number of ether oxygens (including phenoxy) is 2. The lowest BCUT2D eigenvalue weighted by Crippen LogP contribution is -2.10. The topological polar surface area (TPSA) is 93.1 Å². The molecule has 0 aromatic heterocycles. The summed E-state index contributed by atoms with van der Waals surface area (Å²) in [5, 5.41) is 17.1. The molecule has 102 valence electrons. The number of halogens is 1. The molecule has 0 aliphatic rings. The fourth-order valence-corrected chi connectivity index (χ4v) is 1.85. The van der Waals surface area contributed by atoms with Gasteiger partial charge in [-0.2, -0.15) is 0 Å². The van der Waals surface area contributed by atoms with Crippen LogP contribution in [0.5, 0.6) is 11.5 Å². The van der Waals surface area contributed by atoms with E-state index >= 15 is 0 Å². The van der Waals surface area contributed by atoms with Crippen LogP contribution in [0.4, 0.5) is 0 Å². The molecule has 1 rings (SSSR count). The Morgan fingerprint density at radius 3 is 2.58 bits per heavy atom. The summed E-state index contributed by atoms with van der Waals surface area (Å²) >= 11 is 3.22. The van der Waals surface area contributed by atoms with Gasteiger partial charge in [-0.15, -0.1) is 0 Å². The molecule has 0 radical (unpaired) electrons. The van der Waals surface area contributed by atoms with Crippen molar-refractivity contribution in [3.63, 3.8) is 0 Å². The summed E-state index contributed by atoms with van der Waals surface area (Å²) in [4.78, 5) is 20.9. The maximum absolute atomic E-state index is 10.5. The lowest BCUT2D eigenvalue weighted by atomic mass is 10.2. The van der Waals surface area contributed by atoms with Crippen LogP contribution in [0.15, 0.2) is 22.7 Å². The molecular formula is C12H11BrO6. The minimum Gasteiger partial charge on any atom is -0.493 e. The number of carboxylic acid groups (broad SMARTS) is 2. The molecule has 6 nitrogen and oxygen atoms in total. The lowest BCUT2D eigenvalue weighted by Gasteiger charge is -2.12. The van der Waals surface area contributed by atoms with Gasteiger partial charge in [0.05, 0.1) is 11.6 Å². The fourth-order valence-electron chi connectivity index (χ4n) is 1.28. The lowest BCUT2D eigenvalue weighted by molar-refractivity contribution is -0.139. The van der Waals surface area contributed by atoms with Gasteiger partial charge in [-0.1, -0.05) is 0 Å². The monoisotopic (exact) mass is 330 g/mol. The zero-order chi connectivity index (χ0) is 14.4. The van der Waals surface area contributed by atoms with E-state index in [0.717, 1.165) is 6.08 Å². The van der Waals surface area contributed by atoms with Gasteiger partial charge in [0, 0.05) is 6.08 Å². The Bertz CT molecular complexity index is 523. The minimum absolute atomic E-state index is 0.248. The van der Waals surface area contributed by atoms with Gasteiger partial charge >= 0.3 is 11.9 Å². The SMILES string of the molecule is COc1cc(C=CC(=O)O)cc(Br)c1OCC(=O)O. The zero-order valence-corrected chi connectivity index (χ0v) is 11.5. The summed E-state index contributed by atoms with van der Waals surface area (Å²) in [5.41, 5.74) is 0.578. The van der Waals surface area contributed by atoms with Gasteiger partial charge in [0.2, 0.25) is 0 Å². The number of carbonyl (C=O) groups is 2. The van der Waals surface area contributed by atoms with Crippen molar-refractivity contribution in [2.45, 2.75) is 0 Å². The summed E-state index contributed by atoms with van der Waals surface area (Å²) in [6, 6.07) is 3.14. The Kier molecular flexibility index (Phi) is 5.37. The minimum atomic E-state index is -1.11. The molecule has 1 aromatic rings. The third kappa shape index (κ3) is 4.63. The van der Waals surface area contributed by atoms with E-state index < -0.39 is 18.5 Å². The van der Waals surface area contributed by atoms with Crippen LogP contribution >= 0.6 is 15.9 Å². The van der Waals surface area contributed by atoms with E-state index in [2.05, 4.69) is 15.9 Å². The first-order valence-electron chi connectivity index (χ1n) is 5.07. The van der Waals surface area contributed by atoms with E-state index in [-0.39, 0.29) is 5.75 Å². The molecule has 0 atom stereocenters. The van der Waals surface area contributed by atoms with E-state index in [4.69, 9.17) is 19.7 Å². The molecule has 0 amide bonds. The molecule has 7 heteroatoms. The van der Waals surface area contributed by atoms with Crippen LogP contribution in [-0.2, 0) is 9.59 Å². The second-order valence-electron chi connectivity index (χ2n) is 3.39. The second-order valence-corrected chi connectivity index (χ2v) is 4.24. The summed E-state index contributed by atoms with van der Waals surface area (Å²) in [5.74, 6) is -1.62. The molecule has 0 aliphatic carbocycles.